The molecule has 0 aliphatic rings. The molecule has 176 valence electrons. The first-order valence-corrected chi connectivity index (χ1v) is 11.4. The predicted molar refractivity (Wildman–Crippen MR) is 134 cm³/mol. The summed E-state index contributed by atoms with van der Waals surface area (Å²) in [7, 11) is 3.76. The van der Waals surface area contributed by atoms with E-state index >= 15 is 0 Å². The van der Waals surface area contributed by atoms with E-state index in [4.69, 9.17) is 9.47 Å². The summed E-state index contributed by atoms with van der Waals surface area (Å²) < 4.78 is 11.1. The van der Waals surface area contributed by atoms with E-state index in [1.54, 1.807) is 7.11 Å². The predicted octanol–water partition coefficient (Wildman–Crippen LogP) is 4.52. The summed E-state index contributed by atoms with van der Waals surface area (Å²) in [5.41, 5.74) is 2.29. The van der Waals surface area contributed by atoms with Crippen LogP contribution in [0.2, 0.25) is 0 Å². The normalized spacial score (nSPS) is 12.7. The van der Waals surface area contributed by atoms with Gasteiger partial charge in [-0.1, -0.05) is 72.8 Å². The highest BCUT2D eigenvalue weighted by Gasteiger charge is 2.26. The molecule has 0 heterocycles. The van der Waals surface area contributed by atoms with E-state index in [9.17, 15) is 5.11 Å². The first-order valence-electron chi connectivity index (χ1n) is 11.4. The summed E-state index contributed by atoms with van der Waals surface area (Å²) in [6.07, 6.45) is -0.640. The van der Waals surface area contributed by atoms with Crippen LogP contribution in [0.25, 0.3) is 0 Å². The Balaban J connectivity index is 1.59. The van der Waals surface area contributed by atoms with Crippen molar-refractivity contribution in [2.24, 2.45) is 0 Å². The Morgan fingerprint density at radius 3 is 1.91 bits per heavy atom. The fraction of sp³-hybridized carbons (Fsp3) is 0.357. The number of benzene rings is 3. The van der Waals surface area contributed by atoms with E-state index in [2.05, 4.69) is 79.6 Å². The summed E-state index contributed by atoms with van der Waals surface area (Å²) in [4.78, 5) is 2.36. The van der Waals surface area contributed by atoms with E-state index < -0.39 is 6.10 Å². The first-order chi connectivity index (χ1) is 15.9. The van der Waals surface area contributed by atoms with Crippen LogP contribution in [-0.2, 0) is 0 Å². The summed E-state index contributed by atoms with van der Waals surface area (Å²) >= 11 is 0. The number of para-hydroxylation sites is 2. The molecule has 0 radical (unpaired) electrons. The average molecular weight is 449 g/mol. The third-order valence-corrected chi connectivity index (χ3v) is 5.63. The highest BCUT2D eigenvalue weighted by Crippen LogP contribution is 2.29. The van der Waals surface area contributed by atoms with Gasteiger partial charge in [-0.15, -0.1) is 0 Å². The number of β-amino-alcohol motifs (C(OH)–C–C–N with tert-alkyl or cyclic N) is 1. The van der Waals surface area contributed by atoms with Gasteiger partial charge in [0.2, 0.25) is 0 Å². The van der Waals surface area contributed by atoms with Crippen LogP contribution in [-0.4, -0.2) is 55.5 Å². The third kappa shape index (κ3) is 7.32. The number of aliphatic hydroxyl groups excluding tert-OH is 1. The molecule has 2 N–H and O–H groups in total. The second kappa shape index (κ2) is 11.8. The van der Waals surface area contributed by atoms with Crippen molar-refractivity contribution >= 4 is 0 Å². The van der Waals surface area contributed by atoms with E-state index in [0.29, 0.717) is 18.0 Å². The first kappa shape index (κ1) is 24.8. The van der Waals surface area contributed by atoms with Crippen molar-refractivity contribution in [3.63, 3.8) is 0 Å². The van der Waals surface area contributed by atoms with Crippen molar-refractivity contribution in [1.29, 1.82) is 0 Å². The van der Waals surface area contributed by atoms with E-state index in [0.717, 1.165) is 6.54 Å². The Morgan fingerprint density at radius 2 is 1.36 bits per heavy atom. The van der Waals surface area contributed by atoms with Crippen molar-refractivity contribution < 1.29 is 14.6 Å². The maximum absolute atomic E-state index is 10.5. The standard InChI is InChI=1S/C28H36N2O3/c1-28(2,29-19-24(31)20-33-26-18-12-11-17-25(26)32-4)21-30(3)27(22-13-7-5-8-14-22)23-15-9-6-10-16-23/h5-18,24,27,29,31H,19-21H2,1-4H3/t24-/m1/s1. The van der Waals surface area contributed by atoms with Crippen LogP contribution in [0.15, 0.2) is 84.9 Å². The number of rotatable bonds is 12. The Kier molecular flexibility index (Phi) is 8.89. The fourth-order valence-corrected chi connectivity index (χ4v) is 4.12. The Morgan fingerprint density at radius 1 is 0.848 bits per heavy atom. The molecule has 5 nitrogen and oxygen atoms in total. The molecule has 3 aromatic carbocycles. The van der Waals surface area contributed by atoms with Gasteiger partial charge in [0.15, 0.2) is 11.5 Å². The SMILES string of the molecule is COc1ccccc1OC[C@H](O)CNC(C)(C)CN(C)C(c1ccccc1)c1ccccc1. The number of likely N-dealkylation sites (N-methyl/N-ethyl adjacent to an activating group) is 1. The van der Waals surface area contributed by atoms with Crippen LogP contribution >= 0.6 is 0 Å². The Labute approximate surface area is 198 Å². The molecule has 0 aliphatic carbocycles. The fourth-order valence-electron chi connectivity index (χ4n) is 4.12. The number of hydrogen-bond acceptors (Lipinski definition) is 5. The molecule has 0 spiro atoms. The van der Waals surface area contributed by atoms with Crippen LogP contribution in [0, 0.1) is 0 Å². The topological polar surface area (TPSA) is 54.0 Å². The van der Waals surface area contributed by atoms with Gasteiger partial charge in [0.25, 0.3) is 0 Å². The molecule has 0 amide bonds. The van der Waals surface area contributed by atoms with Crippen molar-refractivity contribution in [2.45, 2.75) is 31.5 Å². The van der Waals surface area contributed by atoms with Gasteiger partial charge >= 0.3 is 0 Å². The smallest absolute Gasteiger partial charge is 0.161 e. The monoisotopic (exact) mass is 448 g/mol. The van der Waals surface area contributed by atoms with Crippen molar-refractivity contribution in [1.82, 2.24) is 10.2 Å². The van der Waals surface area contributed by atoms with Crippen molar-refractivity contribution in [2.75, 3.05) is 33.9 Å². The van der Waals surface area contributed by atoms with E-state index in [1.165, 1.54) is 11.1 Å². The van der Waals surface area contributed by atoms with Gasteiger partial charge in [-0.05, 0) is 44.2 Å². The molecule has 1 atom stereocenters. The molecule has 3 rings (SSSR count). The number of nitrogens with one attached hydrogen (secondary N) is 1. The molecule has 0 aliphatic heterocycles. The average Bonchev–Trinajstić information content (AvgIpc) is 2.83. The zero-order valence-corrected chi connectivity index (χ0v) is 20.1. The highest BCUT2D eigenvalue weighted by atomic mass is 16.5. The largest absolute Gasteiger partial charge is 0.493 e. The lowest BCUT2D eigenvalue weighted by Crippen LogP contribution is -2.51. The second-order valence-corrected chi connectivity index (χ2v) is 9.02. The lowest BCUT2D eigenvalue weighted by Gasteiger charge is -2.37. The summed E-state index contributed by atoms with van der Waals surface area (Å²) in [6.45, 7) is 5.73. The lowest BCUT2D eigenvalue weighted by molar-refractivity contribution is 0.0922. The van der Waals surface area contributed by atoms with Gasteiger partial charge in [-0.3, -0.25) is 4.90 Å². The highest BCUT2D eigenvalue weighted by molar-refractivity contribution is 5.39. The van der Waals surface area contributed by atoms with Gasteiger partial charge in [-0.25, -0.2) is 0 Å². The maximum Gasteiger partial charge on any atom is 0.161 e. The number of hydrogen-bond donors (Lipinski definition) is 2. The maximum atomic E-state index is 10.5. The molecular formula is C28H36N2O3. The summed E-state index contributed by atoms with van der Waals surface area (Å²) in [5.74, 6) is 1.29. The summed E-state index contributed by atoms with van der Waals surface area (Å²) in [6, 6.07) is 28.7. The number of ether oxygens (including phenoxy) is 2. The van der Waals surface area contributed by atoms with Crippen LogP contribution in [0.4, 0.5) is 0 Å². The van der Waals surface area contributed by atoms with Gasteiger partial charge in [0, 0.05) is 18.6 Å². The van der Waals surface area contributed by atoms with Gasteiger partial charge < -0.3 is 19.9 Å². The van der Waals surface area contributed by atoms with Crippen LogP contribution in [0.3, 0.4) is 0 Å². The van der Waals surface area contributed by atoms with E-state index in [-0.39, 0.29) is 18.2 Å². The zero-order chi connectivity index (χ0) is 23.7. The second-order valence-electron chi connectivity index (χ2n) is 9.02. The molecular weight excluding hydrogens is 412 g/mol. The van der Waals surface area contributed by atoms with Gasteiger partial charge in [0.05, 0.1) is 13.2 Å². The number of methoxy groups -OCH3 is 1. The Hall–Kier alpha value is -2.86. The minimum atomic E-state index is -0.640. The van der Waals surface area contributed by atoms with Crippen LogP contribution < -0.4 is 14.8 Å². The minimum Gasteiger partial charge on any atom is -0.493 e. The van der Waals surface area contributed by atoms with Crippen LogP contribution in [0.5, 0.6) is 11.5 Å². The molecule has 0 bridgehead atoms. The van der Waals surface area contributed by atoms with Crippen LogP contribution in [0.1, 0.15) is 31.0 Å². The molecule has 0 saturated heterocycles. The zero-order valence-electron chi connectivity index (χ0n) is 20.1. The van der Waals surface area contributed by atoms with E-state index in [1.807, 2.05) is 36.4 Å². The van der Waals surface area contributed by atoms with Crippen molar-refractivity contribution in [3.05, 3.63) is 96.1 Å². The molecule has 3 aromatic rings. The van der Waals surface area contributed by atoms with Crippen molar-refractivity contribution in [3.8, 4) is 11.5 Å². The molecule has 33 heavy (non-hydrogen) atoms. The third-order valence-electron chi connectivity index (χ3n) is 5.63. The molecule has 0 aromatic heterocycles. The number of aliphatic hydroxyl groups is 1. The quantitative estimate of drug-likeness (QED) is 0.427. The minimum absolute atomic E-state index is 0.146. The summed E-state index contributed by atoms with van der Waals surface area (Å²) in [5, 5.41) is 14.0. The molecule has 5 heteroatoms. The Bertz CT molecular complexity index is 924. The molecule has 0 fully saturated rings. The number of nitrogens with zero attached hydrogens (tertiary/aromatic N) is 1. The van der Waals surface area contributed by atoms with Gasteiger partial charge in [-0.2, -0.15) is 0 Å². The molecule has 0 unspecified atom stereocenters. The van der Waals surface area contributed by atoms with Gasteiger partial charge in [0.1, 0.15) is 12.7 Å². The molecule has 0 saturated carbocycles. The lowest BCUT2D eigenvalue weighted by atomic mass is 9.95.